The Kier molecular flexibility index (Phi) is 6.58. The predicted molar refractivity (Wildman–Crippen MR) is 126 cm³/mol. The van der Waals surface area contributed by atoms with Gasteiger partial charge in [-0.15, -0.1) is 0 Å². The number of para-hydroxylation sites is 1. The van der Waals surface area contributed by atoms with Crippen molar-refractivity contribution in [2.75, 3.05) is 4.90 Å². The van der Waals surface area contributed by atoms with Gasteiger partial charge in [0.15, 0.2) is 5.11 Å². The standard InChI is InChI=1S/C25H25FN2O3S/c26-17-11-9-16(10-12-17)22(30)8-4-7-21-24(20-14-13-19(29)15-23(20)31)28(25(32)27-21)18-5-2-1-3-6-18/h1-3,5-6,9-15,21-22,24,29-31H,4,7-8H2,(H,27,32)/t21?,22?,24-/m1/s1. The molecule has 0 aromatic heterocycles. The monoisotopic (exact) mass is 452 g/mol. The van der Waals surface area contributed by atoms with Gasteiger partial charge in [-0.3, -0.25) is 0 Å². The Morgan fingerprint density at radius 1 is 1.00 bits per heavy atom. The lowest BCUT2D eigenvalue weighted by molar-refractivity contribution is 0.162. The van der Waals surface area contributed by atoms with E-state index in [2.05, 4.69) is 5.32 Å². The molecule has 0 bridgehead atoms. The van der Waals surface area contributed by atoms with Gasteiger partial charge in [0.05, 0.1) is 18.2 Å². The third kappa shape index (κ3) is 4.69. The second-order valence-electron chi connectivity index (χ2n) is 7.95. The molecule has 4 N–H and O–H groups in total. The Balaban J connectivity index is 1.54. The zero-order valence-electron chi connectivity index (χ0n) is 17.4. The summed E-state index contributed by atoms with van der Waals surface area (Å²) < 4.78 is 13.1. The van der Waals surface area contributed by atoms with E-state index in [4.69, 9.17) is 12.2 Å². The molecule has 32 heavy (non-hydrogen) atoms. The lowest BCUT2D eigenvalue weighted by atomic mass is 9.93. The van der Waals surface area contributed by atoms with Crippen molar-refractivity contribution in [3.8, 4) is 11.5 Å². The number of nitrogens with zero attached hydrogens (tertiary/aromatic N) is 1. The molecule has 1 aliphatic rings. The number of aromatic hydroxyl groups is 2. The molecule has 3 atom stereocenters. The molecule has 1 saturated heterocycles. The van der Waals surface area contributed by atoms with Crippen LogP contribution in [0.2, 0.25) is 0 Å². The number of hydrogen-bond acceptors (Lipinski definition) is 4. The van der Waals surface area contributed by atoms with Crippen LogP contribution in [-0.2, 0) is 0 Å². The molecule has 1 fully saturated rings. The number of rotatable bonds is 7. The molecule has 1 heterocycles. The predicted octanol–water partition coefficient (Wildman–Crippen LogP) is 4.95. The number of thiocarbonyl (C=S) groups is 1. The average molecular weight is 453 g/mol. The second kappa shape index (κ2) is 9.54. The number of aliphatic hydroxyl groups excluding tert-OH is 1. The molecule has 7 heteroatoms. The lowest BCUT2D eigenvalue weighted by Crippen LogP contribution is -2.29. The minimum atomic E-state index is -0.685. The Hall–Kier alpha value is -3.16. The van der Waals surface area contributed by atoms with Gasteiger partial charge in [0.25, 0.3) is 0 Å². The van der Waals surface area contributed by atoms with Crippen molar-refractivity contribution in [1.29, 1.82) is 0 Å². The highest BCUT2D eigenvalue weighted by Gasteiger charge is 2.40. The molecule has 0 radical (unpaired) electrons. The molecule has 5 nitrogen and oxygen atoms in total. The van der Waals surface area contributed by atoms with Crippen molar-refractivity contribution in [3.63, 3.8) is 0 Å². The number of benzene rings is 3. The Labute approximate surface area is 191 Å². The number of phenolic OH excluding ortho intramolecular Hbond substituents is 2. The quantitative estimate of drug-likeness (QED) is 0.380. The lowest BCUT2D eigenvalue weighted by Gasteiger charge is -2.29. The van der Waals surface area contributed by atoms with Crippen LogP contribution < -0.4 is 10.2 Å². The fraction of sp³-hybridized carbons (Fsp3) is 0.240. The van der Waals surface area contributed by atoms with Gasteiger partial charge in [-0.2, -0.15) is 0 Å². The van der Waals surface area contributed by atoms with Crippen LogP contribution in [-0.4, -0.2) is 26.5 Å². The van der Waals surface area contributed by atoms with Crippen LogP contribution in [0.15, 0.2) is 72.8 Å². The third-order valence-corrected chi connectivity index (χ3v) is 6.12. The van der Waals surface area contributed by atoms with E-state index >= 15 is 0 Å². The molecule has 0 aliphatic carbocycles. The van der Waals surface area contributed by atoms with Crippen LogP contribution >= 0.6 is 12.2 Å². The van der Waals surface area contributed by atoms with E-state index in [9.17, 15) is 19.7 Å². The van der Waals surface area contributed by atoms with E-state index in [0.717, 1.165) is 5.69 Å². The first-order valence-corrected chi connectivity index (χ1v) is 10.9. The van der Waals surface area contributed by atoms with Gasteiger partial charge < -0.3 is 25.5 Å². The fourth-order valence-corrected chi connectivity index (χ4v) is 4.60. The van der Waals surface area contributed by atoms with Gasteiger partial charge >= 0.3 is 0 Å². The van der Waals surface area contributed by atoms with Gasteiger partial charge in [-0.25, -0.2) is 4.39 Å². The van der Waals surface area contributed by atoms with E-state index in [1.165, 1.54) is 18.2 Å². The Morgan fingerprint density at radius 2 is 1.72 bits per heavy atom. The molecule has 1 aliphatic heterocycles. The van der Waals surface area contributed by atoms with Crippen molar-refractivity contribution in [2.24, 2.45) is 0 Å². The van der Waals surface area contributed by atoms with E-state index in [0.29, 0.717) is 35.5 Å². The molecule has 0 saturated carbocycles. The maximum atomic E-state index is 13.1. The summed E-state index contributed by atoms with van der Waals surface area (Å²) in [4.78, 5) is 1.97. The van der Waals surface area contributed by atoms with Crippen molar-refractivity contribution >= 4 is 23.0 Å². The average Bonchev–Trinajstić information content (AvgIpc) is 3.10. The van der Waals surface area contributed by atoms with Crippen molar-refractivity contribution < 1.29 is 19.7 Å². The first-order valence-electron chi connectivity index (χ1n) is 10.5. The zero-order chi connectivity index (χ0) is 22.7. The summed E-state index contributed by atoms with van der Waals surface area (Å²) in [7, 11) is 0. The molecule has 0 spiro atoms. The molecular weight excluding hydrogens is 427 g/mol. The smallest absolute Gasteiger partial charge is 0.174 e. The fourth-order valence-electron chi connectivity index (χ4n) is 4.23. The van der Waals surface area contributed by atoms with Gasteiger partial charge in [-0.05, 0) is 73.4 Å². The summed E-state index contributed by atoms with van der Waals surface area (Å²) in [6, 6.07) is 19.8. The summed E-state index contributed by atoms with van der Waals surface area (Å²) in [6.45, 7) is 0. The number of halogens is 1. The van der Waals surface area contributed by atoms with Crippen LogP contribution in [0.4, 0.5) is 10.1 Å². The SMILES string of the molecule is Oc1ccc([C@@H]2C(CCCC(O)c3ccc(F)cc3)NC(=S)N2c2ccccc2)c(O)c1. The molecule has 166 valence electrons. The van der Waals surface area contributed by atoms with Crippen LogP contribution in [0, 0.1) is 5.82 Å². The van der Waals surface area contributed by atoms with E-state index in [1.54, 1.807) is 24.3 Å². The van der Waals surface area contributed by atoms with Crippen molar-refractivity contribution in [3.05, 3.63) is 89.7 Å². The van der Waals surface area contributed by atoms with Crippen LogP contribution in [0.5, 0.6) is 11.5 Å². The molecular formula is C25H25FN2O3S. The second-order valence-corrected chi connectivity index (χ2v) is 8.33. The topological polar surface area (TPSA) is 76.0 Å². The minimum Gasteiger partial charge on any atom is -0.508 e. The van der Waals surface area contributed by atoms with Crippen LogP contribution in [0.3, 0.4) is 0 Å². The highest BCUT2D eigenvalue weighted by Crippen LogP contribution is 2.41. The zero-order valence-corrected chi connectivity index (χ0v) is 18.2. The summed E-state index contributed by atoms with van der Waals surface area (Å²) in [5.41, 5.74) is 2.24. The number of phenols is 2. The Bertz CT molecular complexity index is 1080. The first-order chi connectivity index (χ1) is 15.4. The van der Waals surface area contributed by atoms with Crippen LogP contribution in [0.25, 0.3) is 0 Å². The number of hydrogen-bond donors (Lipinski definition) is 4. The molecule has 4 rings (SSSR count). The minimum absolute atomic E-state index is 0.00113. The highest BCUT2D eigenvalue weighted by molar-refractivity contribution is 7.80. The van der Waals surface area contributed by atoms with Gasteiger partial charge in [-0.1, -0.05) is 30.3 Å². The number of nitrogens with one attached hydrogen (secondary N) is 1. The van der Waals surface area contributed by atoms with Gasteiger partial charge in [0.2, 0.25) is 0 Å². The molecule has 0 amide bonds. The first kappa shape index (κ1) is 22.0. The van der Waals surface area contributed by atoms with E-state index in [1.807, 2.05) is 35.2 Å². The van der Waals surface area contributed by atoms with E-state index in [-0.39, 0.29) is 29.4 Å². The van der Waals surface area contributed by atoms with Gasteiger partial charge in [0.1, 0.15) is 17.3 Å². The molecule has 3 aromatic rings. The highest BCUT2D eigenvalue weighted by atomic mass is 32.1. The van der Waals surface area contributed by atoms with Crippen molar-refractivity contribution in [2.45, 2.75) is 37.5 Å². The van der Waals surface area contributed by atoms with Gasteiger partial charge in [0, 0.05) is 17.3 Å². The van der Waals surface area contributed by atoms with Crippen molar-refractivity contribution in [1.82, 2.24) is 5.32 Å². The molecule has 2 unspecified atom stereocenters. The maximum Gasteiger partial charge on any atom is 0.174 e. The summed E-state index contributed by atoms with van der Waals surface area (Å²) >= 11 is 5.64. The maximum absolute atomic E-state index is 13.1. The van der Waals surface area contributed by atoms with E-state index < -0.39 is 6.10 Å². The summed E-state index contributed by atoms with van der Waals surface area (Å²) in [5.74, 6) is -0.342. The number of anilines is 1. The number of aliphatic hydroxyl groups is 1. The largest absolute Gasteiger partial charge is 0.508 e. The van der Waals surface area contributed by atoms with Crippen LogP contribution in [0.1, 0.15) is 42.5 Å². The molecule has 3 aromatic carbocycles. The third-order valence-electron chi connectivity index (χ3n) is 5.80. The Morgan fingerprint density at radius 3 is 2.41 bits per heavy atom. The summed E-state index contributed by atoms with van der Waals surface area (Å²) in [6.07, 6.45) is 1.20. The normalized spacial score (nSPS) is 19.1. The summed E-state index contributed by atoms with van der Waals surface area (Å²) in [5, 5.41) is 34.7.